The van der Waals surface area contributed by atoms with Crippen LogP contribution < -0.4 is 11.1 Å². The zero-order valence-corrected chi connectivity index (χ0v) is 11.7. The van der Waals surface area contributed by atoms with Gasteiger partial charge in [-0.15, -0.1) is 11.3 Å². The predicted molar refractivity (Wildman–Crippen MR) is 71.5 cm³/mol. The van der Waals surface area contributed by atoms with Gasteiger partial charge >= 0.3 is 0 Å². The Balaban J connectivity index is 2.47. The van der Waals surface area contributed by atoms with Gasteiger partial charge in [0.15, 0.2) is 5.13 Å². The maximum absolute atomic E-state index is 5.60. The zero-order valence-electron chi connectivity index (χ0n) is 10.9. The molecule has 0 saturated heterocycles. The van der Waals surface area contributed by atoms with Gasteiger partial charge in [0.2, 0.25) is 0 Å². The van der Waals surface area contributed by atoms with Crippen molar-refractivity contribution in [2.24, 2.45) is 5.41 Å². The molecule has 4 heteroatoms. The minimum absolute atomic E-state index is 0.136. The van der Waals surface area contributed by atoms with Crippen molar-refractivity contribution < 1.29 is 0 Å². The fraction of sp³-hybridized carbons (Fsp3) is 0.750. The lowest BCUT2D eigenvalue weighted by Crippen LogP contribution is -2.41. The van der Waals surface area contributed by atoms with E-state index in [1.54, 1.807) is 11.3 Å². The second-order valence-corrected chi connectivity index (χ2v) is 7.29. The van der Waals surface area contributed by atoms with Crippen LogP contribution in [0.1, 0.15) is 45.9 Å². The van der Waals surface area contributed by atoms with Crippen molar-refractivity contribution in [3.05, 3.63) is 11.1 Å². The first kappa shape index (κ1) is 13.5. The summed E-state index contributed by atoms with van der Waals surface area (Å²) >= 11 is 1.55. The van der Waals surface area contributed by atoms with Gasteiger partial charge in [0, 0.05) is 23.2 Å². The predicted octanol–water partition coefficient (Wildman–Crippen LogP) is 3.03. The summed E-state index contributed by atoms with van der Waals surface area (Å²) in [6.45, 7) is 12.1. The van der Waals surface area contributed by atoms with E-state index in [-0.39, 0.29) is 5.54 Å². The van der Waals surface area contributed by atoms with Crippen LogP contribution in [0.25, 0.3) is 0 Å². The van der Waals surface area contributed by atoms with Gasteiger partial charge in [-0.05, 0) is 25.7 Å². The van der Waals surface area contributed by atoms with E-state index in [0.717, 1.165) is 13.0 Å². The molecule has 0 amide bonds. The number of nitrogens with one attached hydrogen (secondary N) is 1. The quantitative estimate of drug-likeness (QED) is 0.852. The summed E-state index contributed by atoms with van der Waals surface area (Å²) in [5.74, 6) is 0. The molecule has 0 aromatic carbocycles. The molecule has 0 bridgehead atoms. The number of hydrogen-bond donors (Lipinski definition) is 2. The number of anilines is 1. The van der Waals surface area contributed by atoms with E-state index in [0.29, 0.717) is 10.5 Å². The molecule has 0 atom stereocenters. The number of thiazole rings is 1. The Bertz CT molecular complexity index is 336. The van der Waals surface area contributed by atoms with Gasteiger partial charge in [-0.1, -0.05) is 20.8 Å². The van der Waals surface area contributed by atoms with Crippen molar-refractivity contribution in [2.45, 2.75) is 53.1 Å². The summed E-state index contributed by atoms with van der Waals surface area (Å²) in [5.41, 5.74) is 6.07. The van der Waals surface area contributed by atoms with E-state index in [1.165, 1.54) is 4.88 Å². The average Bonchev–Trinajstić information content (AvgIpc) is 2.44. The summed E-state index contributed by atoms with van der Waals surface area (Å²) in [6.07, 6.45) is 2.98. The van der Waals surface area contributed by atoms with Crippen molar-refractivity contribution in [1.29, 1.82) is 0 Å². The molecule has 0 aliphatic carbocycles. The van der Waals surface area contributed by atoms with Crippen LogP contribution >= 0.6 is 11.3 Å². The maximum Gasteiger partial charge on any atom is 0.180 e. The monoisotopic (exact) mass is 241 g/mol. The van der Waals surface area contributed by atoms with Crippen LogP contribution in [0, 0.1) is 5.41 Å². The van der Waals surface area contributed by atoms with Crippen LogP contribution in [0.2, 0.25) is 0 Å². The van der Waals surface area contributed by atoms with Crippen LogP contribution in [-0.2, 0) is 6.54 Å². The Kier molecular flexibility index (Phi) is 3.97. The van der Waals surface area contributed by atoms with Gasteiger partial charge in [-0.3, -0.25) is 0 Å². The topological polar surface area (TPSA) is 50.9 Å². The third-order valence-corrected chi connectivity index (χ3v) is 3.11. The van der Waals surface area contributed by atoms with Crippen LogP contribution in [0.3, 0.4) is 0 Å². The fourth-order valence-electron chi connectivity index (χ4n) is 2.12. The van der Waals surface area contributed by atoms with E-state index < -0.39 is 0 Å². The zero-order chi connectivity index (χ0) is 12.4. The van der Waals surface area contributed by atoms with Crippen LogP contribution in [0.15, 0.2) is 6.20 Å². The molecule has 3 N–H and O–H groups in total. The Morgan fingerprint density at radius 1 is 1.31 bits per heavy atom. The summed E-state index contributed by atoms with van der Waals surface area (Å²) in [7, 11) is 0. The molecule has 92 valence electrons. The lowest BCUT2D eigenvalue weighted by atomic mass is 9.82. The van der Waals surface area contributed by atoms with Gasteiger partial charge in [-0.2, -0.15) is 0 Å². The molecule has 0 saturated carbocycles. The number of hydrogen-bond acceptors (Lipinski definition) is 4. The third kappa shape index (κ3) is 4.94. The van der Waals surface area contributed by atoms with Crippen molar-refractivity contribution in [3.63, 3.8) is 0 Å². The molecule has 1 aromatic rings. The second-order valence-electron chi connectivity index (χ2n) is 6.14. The minimum Gasteiger partial charge on any atom is -0.375 e. The summed E-state index contributed by atoms with van der Waals surface area (Å²) in [5, 5.41) is 4.20. The van der Waals surface area contributed by atoms with Crippen LogP contribution in [0.4, 0.5) is 5.13 Å². The molecular weight excluding hydrogens is 218 g/mol. The third-order valence-electron chi connectivity index (χ3n) is 2.28. The molecule has 0 aliphatic rings. The van der Waals surface area contributed by atoms with Crippen molar-refractivity contribution >= 4 is 16.5 Å². The van der Waals surface area contributed by atoms with E-state index >= 15 is 0 Å². The molecule has 0 aliphatic heterocycles. The Morgan fingerprint density at radius 2 is 1.94 bits per heavy atom. The Hall–Kier alpha value is -0.610. The molecule has 0 spiro atoms. The summed E-state index contributed by atoms with van der Waals surface area (Å²) in [6, 6.07) is 0. The van der Waals surface area contributed by atoms with Crippen molar-refractivity contribution in [1.82, 2.24) is 10.3 Å². The molecule has 0 unspecified atom stereocenters. The molecule has 16 heavy (non-hydrogen) atoms. The SMILES string of the molecule is CC(C)(C)CC(C)(C)NCc1cnc(N)s1. The van der Waals surface area contributed by atoms with Crippen LogP contribution in [0.5, 0.6) is 0 Å². The molecule has 1 rings (SSSR count). The molecule has 0 fully saturated rings. The standard InChI is InChI=1S/C12H23N3S/c1-11(2,3)8-12(4,5)15-7-9-6-14-10(13)16-9/h6,15H,7-8H2,1-5H3,(H2,13,14). The fourth-order valence-corrected chi connectivity index (χ4v) is 2.74. The number of rotatable bonds is 4. The molecule has 1 aromatic heterocycles. The highest BCUT2D eigenvalue weighted by Gasteiger charge is 2.24. The largest absolute Gasteiger partial charge is 0.375 e. The first-order valence-corrected chi connectivity index (χ1v) is 6.45. The number of nitrogens with two attached hydrogens (primary N) is 1. The van der Waals surface area contributed by atoms with Crippen LogP contribution in [-0.4, -0.2) is 10.5 Å². The smallest absolute Gasteiger partial charge is 0.180 e. The van der Waals surface area contributed by atoms with Gasteiger partial charge < -0.3 is 11.1 Å². The molecule has 1 heterocycles. The first-order chi connectivity index (χ1) is 7.18. The number of nitrogens with zero attached hydrogens (tertiary/aromatic N) is 1. The van der Waals surface area contributed by atoms with Gasteiger partial charge in [0.25, 0.3) is 0 Å². The van der Waals surface area contributed by atoms with E-state index in [1.807, 2.05) is 6.20 Å². The molecule has 3 nitrogen and oxygen atoms in total. The normalized spacial score (nSPS) is 13.1. The first-order valence-electron chi connectivity index (χ1n) is 5.63. The lowest BCUT2D eigenvalue weighted by Gasteiger charge is -2.33. The highest BCUT2D eigenvalue weighted by Crippen LogP contribution is 2.27. The highest BCUT2D eigenvalue weighted by atomic mass is 32.1. The number of aromatic nitrogens is 1. The Labute approximate surface area is 102 Å². The number of nitrogen functional groups attached to an aromatic ring is 1. The Morgan fingerprint density at radius 3 is 2.38 bits per heavy atom. The molecule has 0 radical (unpaired) electrons. The van der Waals surface area contributed by atoms with Gasteiger partial charge in [0.1, 0.15) is 0 Å². The second kappa shape index (κ2) is 4.72. The maximum atomic E-state index is 5.60. The van der Waals surface area contributed by atoms with Gasteiger partial charge in [-0.25, -0.2) is 4.98 Å². The van der Waals surface area contributed by atoms with E-state index in [9.17, 15) is 0 Å². The molecular formula is C12H23N3S. The lowest BCUT2D eigenvalue weighted by molar-refractivity contribution is 0.241. The minimum atomic E-state index is 0.136. The average molecular weight is 241 g/mol. The summed E-state index contributed by atoms with van der Waals surface area (Å²) in [4.78, 5) is 5.24. The van der Waals surface area contributed by atoms with E-state index in [2.05, 4.69) is 44.9 Å². The van der Waals surface area contributed by atoms with E-state index in [4.69, 9.17) is 5.73 Å². The van der Waals surface area contributed by atoms with Crippen molar-refractivity contribution in [3.8, 4) is 0 Å². The van der Waals surface area contributed by atoms with Gasteiger partial charge in [0.05, 0.1) is 0 Å². The highest BCUT2D eigenvalue weighted by molar-refractivity contribution is 7.15. The summed E-state index contributed by atoms with van der Waals surface area (Å²) < 4.78 is 0. The van der Waals surface area contributed by atoms with Crippen molar-refractivity contribution in [2.75, 3.05) is 5.73 Å².